The fourth-order valence-corrected chi connectivity index (χ4v) is 6.60. The van der Waals surface area contributed by atoms with Crippen molar-refractivity contribution in [3.8, 4) is 39.7 Å². The summed E-state index contributed by atoms with van der Waals surface area (Å²) in [4.78, 5) is 8.98. The molecule has 0 amide bonds. The van der Waals surface area contributed by atoms with Gasteiger partial charge in [-0.2, -0.15) is 5.26 Å². The maximum absolute atomic E-state index is 9.99. The quantitative estimate of drug-likeness (QED) is 0.131. The number of fused-ring (bicyclic) bond motifs is 6. The summed E-state index contributed by atoms with van der Waals surface area (Å²) < 4.78 is 6.53. The number of hydrogen-bond acceptors (Lipinski definition) is 4. The van der Waals surface area contributed by atoms with Gasteiger partial charge in [0.1, 0.15) is 5.58 Å². The fourth-order valence-electron chi connectivity index (χ4n) is 6.60. The average Bonchev–Trinajstić information content (AvgIpc) is 3.57. The van der Waals surface area contributed by atoms with Crippen LogP contribution in [0.4, 0.5) is 0 Å². The molecule has 0 N–H and O–H groups in total. The van der Waals surface area contributed by atoms with Crippen molar-refractivity contribution in [3.63, 3.8) is 0 Å². The number of benzene rings is 6. The van der Waals surface area contributed by atoms with Crippen LogP contribution in [0.3, 0.4) is 0 Å². The van der Waals surface area contributed by atoms with E-state index in [0.29, 0.717) is 11.1 Å². The van der Waals surface area contributed by atoms with E-state index in [0.717, 1.165) is 55.4 Å². The molecule has 6 aromatic carbocycles. The molecule has 253 valence electrons. The van der Waals surface area contributed by atoms with Gasteiger partial charge in [-0.1, -0.05) is 111 Å². The Kier molecular flexibility index (Phi) is 9.54. The van der Waals surface area contributed by atoms with Crippen LogP contribution in [0.15, 0.2) is 150 Å². The van der Waals surface area contributed by atoms with Gasteiger partial charge in [0.05, 0.1) is 17.2 Å². The van der Waals surface area contributed by atoms with Crippen LogP contribution in [0, 0.1) is 23.5 Å². The summed E-state index contributed by atoms with van der Waals surface area (Å²) in [6, 6.07) is 53.6. The smallest absolute Gasteiger partial charge is 0.130 e. The second kappa shape index (κ2) is 14.4. The van der Waals surface area contributed by atoms with Gasteiger partial charge in [0.2, 0.25) is 0 Å². The Balaban J connectivity index is 0.000000209. The maximum Gasteiger partial charge on any atom is 0.130 e. The molecular formula is C47H33IrN3O-2. The van der Waals surface area contributed by atoms with Gasteiger partial charge in [-0.25, -0.2) is 0 Å². The molecule has 0 spiro atoms. The first-order valence-corrected chi connectivity index (χ1v) is 17.0. The topological polar surface area (TPSA) is 62.7 Å². The molecule has 0 aliphatic rings. The molecule has 0 aliphatic carbocycles. The molecule has 0 saturated carbocycles. The van der Waals surface area contributed by atoms with Gasteiger partial charge >= 0.3 is 0 Å². The average molecular weight is 848 g/mol. The molecule has 3 aromatic heterocycles. The zero-order valence-corrected chi connectivity index (χ0v) is 31.3. The summed E-state index contributed by atoms with van der Waals surface area (Å²) in [6.45, 7) is 6.58. The largest absolute Gasteiger partial charge is 0.500 e. The zero-order valence-electron chi connectivity index (χ0n) is 28.9. The van der Waals surface area contributed by atoms with Crippen LogP contribution >= 0.6 is 0 Å². The molecule has 5 heteroatoms. The van der Waals surface area contributed by atoms with Gasteiger partial charge in [-0.15, -0.1) is 54.1 Å². The number of rotatable bonds is 3. The van der Waals surface area contributed by atoms with E-state index >= 15 is 0 Å². The van der Waals surface area contributed by atoms with E-state index in [1.165, 1.54) is 21.7 Å². The van der Waals surface area contributed by atoms with E-state index in [9.17, 15) is 5.26 Å². The third-order valence-electron chi connectivity index (χ3n) is 9.29. The van der Waals surface area contributed by atoms with Crippen molar-refractivity contribution in [2.75, 3.05) is 0 Å². The first-order valence-electron chi connectivity index (χ1n) is 17.0. The van der Waals surface area contributed by atoms with Gasteiger partial charge in [0.25, 0.3) is 0 Å². The molecule has 9 rings (SSSR count). The Morgan fingerprint density at radius 3 is 2.15 bits per heavy atom. The summed E-state index contributed by atoms with van der Waals surface area (Å²) in [5.41, 5.74) is 8.83. The second-order valence-electron chi connectivity index (χ2n) is 13.6. The Morgan fingerprint density at radius 1 is 0.635 bits per heavy atom. The molecule has 0 aliphatic heterocycles. The van der Waals surface area contributed by atoms with E-state index in [1.54, 1.807) is 6.20 Å². The van der Waals surface area contributed by atoms with E-state index < -0.39 is 0 Å². The van der Waals surface area contributed by atoms with Crippen LogP contribution in [-0.4, -0.2) is 9.97 Å². The van der Waals surface area contributed by atoms with Crippen LogP contribution in [0.5, 0.6) is 0 Å². The number of pyridine rings is 2. The molecular weight excluding hydrogens is 815 g/mol. The number of furan rings is 1. The fraction of sp³-hybridized carbons (Fsp3) is 0.0851. The molecule has 4 nitrogen and oxygen atoms in total. The minimum Gasteiger partial charge on any atom is -0.500 e. The number of hydrogen-bond donors (Lipinski definition) is 0. The van der Waals surface area contributed by atoms with E-state index in [4.69, 9.17) is 4.42 Å². The molecule has 0 unspecified atom stereocenters. The van der Waals surface area contributed by atoms with E-state index in [1.807, 2.05) is 72.9 Å². The predicted molar refractivity (Wildman–Crippen MR) is 208 cm³/mol. The summed E-state index contributed by atoms with van der Waals surface area (Å²) in [7, 11) is 0. The molecule has 0 bridgehead atoms. The third kappa shape index (κ3) is 6.51. The van der Waals surface area contributed by atoms with Gasteiger partial charge in [-0.05, 0) is 67.7 Å². The van der Waals surface area contributed by atoms with Crippen LogP contribution in [0.25, 0.3) is 77.1 Å². The molecule has 3 heterocycles. The van der Waals surface area contributed by atoms with Crippen molar-refractivity contribution < 1.29 is 24.5 Å². The van der Waals surface area contributed by atoms with Gasteiger partial charge in [-0.3, -0.25) is 0 Å². The molecule has 52 heavy (non-hydrogen) atoms. The van der Waals surface area contributed by atoms with E-state index in [2.05, 4.69) is 116 Å². The summed E-state index contributed by atoms with van der Waals surface area (Å²) in [5, 5.41) is 16.7. The van der Waals surface area contributed by atoms with Crippen molar-refractivity contribution in [1.29, 1.82) is 5.26 Å². The molecule has 0 fully saturated rings. The number of aromatic nitrogens is 2. The van der Waals surface area contributed by atoms with Gasteiger partial charge in [0, 0.05) is 43.4 Å². The molecule has 1 radical (unpaired) electrons. The third-order valence-corrected chi connectivity index (χ3v) is 9.29. The van der Waals surface area contributed by atoms with Crippen LogP contribution in [-0.2, 0) is 25.5 Å². The first kappa shape index (κ1) is 34.5. The molecule has 9 aromatic rings. The minimum absolute atomic E-state index is 0. The standard InChI is InChI=1S/C32H17N2O.C15H16N.Ir/c33-19-23-14-16-27-26-8-5-9-28(29-10-3-4-17-34-29)31(26)35-32(27)30(23)22-13-15-25-21(18-22)12-11-20-6-1-2-7-24(20)25;1-15(2,3)13-9-10-14(16-11-13)12-7-5-4-6-8-12;/h1-8,10-18H;4-7,9-11H,1-3H3;/q2*-1;. The number of nitriles is 1. The Bertz CT molecular complexity index is 2720. The van der Waals surface area contributed by atoms with Crippen molar-refractivity contribution in [3.05, 3.63) is 169 Å². The predicted octanol–water partition coefficient (Wildman–Crippen LogP) is 12.1. The summed E-state index contributed by atoms with van der Waals surface area (Å²) in [6.07, 6.45) is 3.72. The van der Waals surface area contributed by atoms with Crippen LogP contribution in [0.2, 0.25) is 0 Å². The SMILES string of the molecule is CC(C)(C)c1ccc(-c2[c-]cccc2)nc1.N#Cc1ccc2c(oc3c(-c4ccccn4)[c-]ccc32)c1-c1ccc2c(ccc3ccccc32)c1.[Ir]. The molecule has 0 atom stereocenters. The Labute approximate surface area is 316 Å². The van der Waals surface area contributed by atoms with Gasteiger partial charge < -0.3 is 14.4 Å². The maximum atomic E-state index is 9.99. The monoisotopic (exact) mass is 848 g/mol. The Hall–Kier alpha value is -5.92. The van der Waals surface area contributed by atoms with Crippen molar-refractivity contribution in [1.82, 2.24) is 9.97 Å². The Morgan fingerprint density at radius 2 is 1.40 bits per heavy atom. The second-order valence-corrected chi connectivity index (χ2v) is 13.6. The van der Waals surface area contributed by atoms with Crippen LogP contribution in [0.1, 0.15) is 31.9 Å². The molecule has 0 saturated heterocycles. The summed E-state index contributed by atoms with van der Waals surface area (Å²) >= 11 is 0. The first-order chi connectivity index (χ1) is 24.9. The zero-order chi connectivity index (χ0) is 35.0. The number of nitrogens with zero attached hydrogens (tertiary/aromatic N) is 3. The normalized spacial score (nSPS) is 11.2. The van der Waals surface area contributed by atoms with Gasteiger partial charge in [0.15, 0.2) is 0 Å². The van der Waals surface area contributed by atoms with Crippen molar-refractivity contribution in [2.45, 2.75) is 26.2 Å². The van der Waals surface area contributed by atoms with E-state index in [-0.39, 0.29) is 25.5 Å². The summed E-state index contributed by atoms with van der Waals surface area (Å²) in [5.74, 6) is 0. The minimum atomic E-state index is 0. The van der Waals surface area contributed by atoms with Crippen molar-refractivity contribution >= 4 is 43.5 Å². The van der Waals surface area contributed by atoms with Crippen LogP contribution < -0.4 is 0 Å². The van der Waals surface area contributed by atoms with Crippen molar-refractivity contribution in [2.24, 2.45) is 0 Å².